The van der Waals surface area contributed by atoms with Crippen LogP contribution in [0.2, 0.25) is 0 Å². The number of hydrogen-bond donors (Lipinski definition) is 1. The van der Waals surface area contributed by atoms with E-state index in [2.05, 4.69) is 10.3 Å². The molecular weight excluding hydrogens is 290 g/mol. The first-order chi connectivity index (χ1) is 9.83. The number of thiazole rings is 1. The smallest absolute Gasteiger partial charge is 0.317 e. The summed E-state index contributed by atoms with van der Waals surface area (Å²) in [5.41, 5.74) is 0. The van der Waals surface area contributed by atoms with Crippen LogP contribution in [0.3, 0.4) is 0 Å². The molecule has 0 radical (unpaired) electrons. The van der Waals surface area contributed by atoms with Gasteiger partial charge in [0.2, 0.25) is 0 Å². The summed E-state index contributed by atoms with van der Waals surface area (Å²) in [6, 6.07) is 0.138. The van der Waals surface area contributed by atoms with Crippen molar-refractivity contribution in [2.75, 3.05) is 25.4 Å². The Bertz CT molecular complexity index is 426. The third kappa shape index (κ3) is 3.47. The van der Waals surface area contributed by atoms with Gasteiger partial charge in [0, 0.05) is 37.0 Å². The average Bonchev–Trinajstić information content (AvgIpc) is 3.14. The van der Waals surface area contributed by atoms with E-state index in [1.54, 1.807) is 23.1 Å². The van der Waals surface area contributed by atoms with Gasteiger partial charge >= 0.3 is 6.03 Å². The van der Waals surface area contributed by atoms with Gasteiger partial charge < -0.3 is 10.2 Å². The fourth-order valence-corrected chi connectivity index (χ4v) is 4.87. The molecule has 1 saturated carbocycles. The molecule has 20 heavy (non-hydrogen) atoms. The highest BCUT2D eigenvalue weighted by molar-refractivity contribution is 8.00. The van der Waals surface area contributed by atoms with Crippen LogP contribution in [0, 0.1) is 11.8 Å². The fourth-order valence-electron chi connectivity index (χ4n) is 3.22. The van der Waals surface area contributed by atoms with Gasteiger partial charge in [-0.1, -0.05) is 18.2 Å². The summed E-state index contributed by atoms with van der Waals surface area (Å²) in [6.45, 7) is 2.72. The number of urea groups is 1. The van der Waals surface area contributed by atoms with E-state index in [0.717, 1.165) is 48.0 Å². The van der Waals surface area contributed by atoms with E-state index < -0.39 is 0 Å². The maximum Gasteiger partial charge on any atom is 0.317 e. The summed E-state index contributed by atoms with van der Waals surface area (Å²) in [7, 11) is 0. The van der Waals surface area contributed by atoms with E-state index >= 15 is 0 Å². The summed E-state index contributed by atoms with van der Waals surface area (Å²) >= 11 is 3.44. The first-order valence-corrected chi connectivity index (χ1v) is 9.24. The second kappa shape index (κ2) is 6.80. The van der Waals surface area contributed by atoms with Crippen LogP contribution in [0.15, 0.2) is 15.9 Å². The lowest BCUT2D eigenvalue weighted by molar-refractivity contribution is 0.205. The molecule has 1 saturated heterocycles. The first kappa shape index (κ1) is 14.2. The van der Waals surface area contributed by atoms with Crippen LogP contribution >= 0.6 is 23.1 Å². The molecule has 6 heteroatoms. The summed E-state index contributed by atoms with van der Waals surface area (Å²) in [5.74, 6) is 2.57. The van der Waals surface area contributed by atoms with Gasteiger partial charge in [0.25, 0.3) is 0 Å². The number of nitrogens with one attached hydrogen (secondary N) is 1. The minimum absolute atomic E-state index is 0.138. The molecule has 1 aliphatic heterocycles. The van der Waals surface area contributed by atoms with E-state index in [4.69, 9.17) is 0 Å². The van der Waals surface area contributed by atoms with Crippen molar-refractivity contribution in [1.29, 1.82) is 0 Å². The van der Waals surface area contributed by atoms with Gasteiger partial charge in [-0.15, -0.1) is 11.3 Å². The standard InChI is InChI=1S/C14H21N3OS2/c18-13(17-9-11-3-1-4-12(11)10-17)15-5-2-7-19-14-16-6-8-20-14/h6,8,11-12H,1-5,7,9-10H2,(H,15,18)/t11-,12-/m1/s1. The van der Waals surface area contributed by atoms with E-state index in [-0.39, 0.29) is 6.03 Å². The number of likely N-dealkylation sites (tertiary alicyclic amines) is 1. The van der Waals surface area contributed by atoms with Crippen LogP contribution in [0.5, 0.6) is 0 Å². The number of carbonyl (C=O) groups excluding carboxylic acids is 1. The van der Waals surface area contributed by atoms with Gasteiger partial charge in [0.15, 0.2) is 0 Å². The quantitative estimate of drug-likeness (QED) is 0.671. The Labute approximate surface area is 128 Å². The Morgan fingerprint density at radius 1 is 1.45 bits per heavy atom. The SMILES string of the molecule is O=C(NCCCSc1nccs1)N1C[C@H]2CCC[C@@H]2C1. The summed E-state index contributed by atoms with van der Waals surface area (Å²) in [4.78, 5) is 18.3. The zero-order valence-electron chi connectivity index (χ0n) is 11.6. The fraction of sp³-hybridized carbons (Fsp3) is 0.714. The molecule has 2 heterocycles. The lowest BCUT2D eigenvalue weighted by Gasteiger charge is -2.17. The van der Waals surface area contributed by atoms with Gasteiger partial charge in [-0.05, 0) is 31.1 Å². The molecule has 1 aromatic heterocycles. The van der Waals surface area contributed by atoms with E-state index in [1.165, 1.54) is 19.3 Å². The van der Waals surface area contributed by atoms with Crippen molar-refractivity contribution >= 4 is 29.1 Å². The van der Waals surface area contributed by atoms with Gasteiger partial charge in [0.05, 0.1) is 0 Å². The Balaban J connectivity index is 1.30. The van der Waals surface area contributed by atoms with Crippen LogP contribution in [-0.4, -0.2) is 41.3 Å². The molecule has 2 amide bonds. The third-order valence-corrected chi connectivity index (χ3v) is 6.30. The molecule has 1 N–H and O–H groups in total. The zero-order chi connectivity index (χ0) is 13.8. The van der Waals surface area contributed by atoms with Crippen molar-refractivity contribution in [2.45, 2.75) is 30.0 Å². The summed E-state index contributed by atoms with van der Waals surface area (Å²) in [6.07, 6.45) is 6.83. The Kier molecular flexibility index (Phi) is 4.83. The predicted octanol–water partition coefficient (Wildman–Crippen LogP) is 3.07. The maximum absolute atomic E-state index is 12.1. The number of carbonyl (C=O) groups is 1. The molecule has 1 aromatic rings. The minimum Gasteiger partial charge on any atom is -0.338 e. The van der Waals surface area contributed by atoms with Crippen molar-refractivity contribution in [2.24, 2.45) is 11.8 Å². The van der Waals surface area contributed by atoms with E-state index in [1.807, 2.05) is 16.5 Å². The molecule has 110 valence electrons. The van der Waals surface area contributed by atoms with Gasteiger partial charge in [0.1, 0.15) is 4.34 Å². The van der Waals surface area contributed by atoms with Crippen molar-refractivity contribution in [3.63, 3.8) is 0 Å². The lowest BCUT2D eigenvalue weighted by Crippen LogP contribution is -2.39. The second-order valence-electron chi connectivity index (χ2n) is 5.59. The first-order valence-electron chi connectivity index (χ1n) is 7.38. The summed E-state index contributed by atoms with van der Waals surface area (Å²) in [5, 5.41) is 5.05. The monoisotopic (exact) mass is 311 g/mol. The highest BCUT2D eigenvalue weighted by Crippen LogP contribution is 2.37. The van der Waals surface area contributed by atoms with E-state index in [9.17, 15) is 4.79 Å². The number of thioether (sulfide) groups is 1. The van der Waals surface area contributed by atoms with Crippen molar-refractivity contribution in [3.05, 3.63) is 11.6 Å². The predicted molar refractivity (Wildman–Crippen MR) is 83.3 cm³/mol. The number of hydrogen-bond acceptors (Lipinski definition) is 4. The molecule has 2 aliphatic rings. The maximum atomic E-state index is 12.1. The zero-order valence-corrected chi connectivity index (χ0v) is 13.2. The normalized spacial score (nSPS) is 24.9. The molecule has 2 atom stereocenters. The molecule has 1 aliphatic carbocycles. The Hall–Kier alpha value is -0.750. The minimum atomic E-state index is 0.138. The molecule has 0 bridgehead atoms. The topological polar surface area (TPSA) is 45.2 Å². The van der Waals surface area contributed by atoms with Crippen LogP contribution in [0.1, 0.15) is 25.7 Å². The Morgan fingerprint density at radius 3 is 2.95 bits per heavy atom. The van der Waals surface area contributed by atoms with Crippen molar-refractivity contribution < 1.29 is 4.79 Å². The second-order valence-corrected chi connectivity index (χ2v) is 7.82. The van der Waals surface area contributed by atoms with Crippen molar-refractivity contribution in [3.8, 4) is 0 Å². The van der Waals surface area contributed by atoms with Gasteiger partial charge in [-0.25, -0.2) is 9.78 Å². The lowest BCUT2D eigenvalue weighted by atomic mass is 10.0. The molecule has 0 unspecified atom stereocenters. The summed E-state index contributed by atoms with van der Waals surface area (Å²) < 4.78 is 1.11. The number of amides is 2. The van der Waals surface area contributed by atoms with Gasteiger partial charge in [-0.3, -0.25) is 0 Å². The molecule has 3 rings (SSSR count). The van der Waals surface area contributed by atoms with Crippen LogP contribution < -0.4 is 5.32 Å². The number of rotatable bonds is 5. The Morgan fingerprint density at radius 2 is 2.25 bits per heavy atom. The molecular formula is C14H21N3OS2. The van der Waals surface area contributed by atoms with Crippen LogP contribution in [0.4, 0.5) is 4.79 Å². The highest BCUT2D eigenvalue weighted by Gasteiger charge is 2.37. The van der Waals surface area contributed by atoms with Crippen molar-refractivity contribution in [1.82, 2.24) is 15.2 Å². The van der Waals surface area contributed by atoms with Gasteiger partial charge in [-0.2, -0.15) is 0 Å². The van der Waals surface area contributed by atoms with Crippen LogP contribution in [0.25, 0.3) is 0 Å². The third-order valence-electron chi connectivity index (χ3n) is 4.25. The largest absolute Gasteiger partial charge is 0.338 e. The number of nitrogens with zero attached hydrogens (tertiary/aromatic N) is 2. The molecule has 4 nitrogen and oxygen atoms in total. The molecule has 0 spiro atoms. The molecule has 2 fully saturated rings. The van der Waals surface area contributed by atoms with Crippen LogP contribution in [-0.2, 0) is 0 Å². The number of aromatic nitrogens is 1. The highest BCUT2D eigenvalue weighted by atomic mass is 32.2. The van der Waals surface area contributed by atoms with E-state index in [0.29, 0.717) is 0 Å². The molecule has 0 aromatic carbocycles. The average molecular weight is 311 g/mol. The number of fused-ring (bicyclic) bond motifs is 1.